The zero-order valence-electron chi connectivity index (χ0n) is 20.2. The van der Waals surface area contributed by atoms with Crippen molar-refractivity contribution in [2.24, 2.45) is 0 Å². The van der Waals surface area contributed by atoms with Gasteiger partial charge in [0.2, 0.25) is 0 Å². The van der Waals surface area contributed by atoms with Crippen LogP contribution in [0.4, 0.5) is 0 Å². The monoisotopic (exact) mass is 508 g/mol. The third kappa shape index (κ3) is 6.69. The minimum Gasteiger partial charge on any atom is -0.872 e. The first-order valence-corrected chi connectivity index (χ1v) is 10.8. The number of carboxylic acids is 1. The maximum absolute atomic E-state index is 12.6. The molecular formula is C28H25MnN2O4. The Hall–Kier alpha value is -3.67. The molecule has 2 heterocycles. The molecule has 0 aliphatic carbocycles. The number of hydrogen-bond acceptors (Lipinski definition) is 6. The molecule has 0 spiro atoms. The number of pyridine rings is 2. The van der Waals surface area contributed by atoms with Gasteiger partial charge in [0, 0.05) is 5.97 Å². The number of carbonyl (C=O) groups is 1. The van der Waals surface area contributed by atoms with E-state index in [0.29, 0.717) is 45.0 Å². The number of rotatable bonds is 3. The van der Waals surface area contributed by atoms with Crippen molar-refractivity contribution >= 4 is 5.97 Å². The molecule has 0 bridgehead atoms. The fourth-order valence-corrected chi connectivity index (χ4v) is 3.74. The summed E-state index contributed by atoms with van der Waals surface area (Å²) in [7, 11) is 0. The average Bonchev–Trinajstić information content (AvgIpc) is 2.78. The van der Waals surface area contributed by atoms with Gasteiger partial charge in [0.1, 0.15) is 0 Å². The number of hydrogen-bond donors (Lipinski definition) is 0. The van der Waals surface area contributed by atoms with Gasteiger partial charge in [0.05, 0.1) is 22.8 Å². The zero-order chi connectivity index (χ0) is 25.0. The van der Waals surface area contributed by atoms with E-state index in [1.54, 1.807) is 0 Å². The second kappa shape index (κ2) is 11.6. The van der Waals surface area contributed by atoms with Crippen LogP contribution in [0.5, 0.6) is 11.5 Å². The standard InChI is InChI=1S/C26H24N2O2.C2H4O2.Mn/c1-15-11-17(3)25(29)19(13-15)21-7-5-9-23(27-21)24-10-6-8-22(28-24)20-14-16(2)12-18(4)26(20)30;1-2(3)4;/h5-14,29-30H,1-4H3;1H3,(H,3,4);/q;;+3/p-3. The van der Waals surface area contributed by atoms with Gasteiger partial charge in [-0.3, -0.25) is 0 Å². The molecule has 35 heavy (non-hydrogen) atoms. The molecule has 4 rings (SSSR count). The van der Waals surface area contributed by atoms with Crippen molar-refractivity contribution in [3.8, 4) is 45.4 Å². The van der Waals surface area contributed by atoms with Crippen molar-refractivity contribution in [2.45, 2.75) is 34.6 Å². The van der Waals surface area contributed by atoms with E-state index in [1.807, 2.05) is 88.4 Å². The minimum atomic E-state index is -1.08. The molecule has 4 aromatic rings. The van der Waals surface area contributed by atoms with Gasteiger partial charge in [0.25, 0.3) is 0 Å². The Morgan fingerprint density at radius 1 is 0.657 bits per heavy atom. The van der Waals surface area contributed by atoms with Crippen LogP contribution in [0.25, 0.3) is 33.9 Å². The van der Waals surface area contributed by atoms with Gasteiger partial charge in [-0.15, -0.1) is 0 Å². The largest absolute Gasteiger partial charge is 3.00 e. The van der Waals surface area contributed by atoms with Gasteiger partial charge < -0.3 is 20.1 Å². The van der Waals surface area contributed by atoms with E-state index < -0.39 is 5.97 Å². The summed E-state index contributed by atoms with van der Waals surface area (Å²) in [6, 6.07) is 18.6. The summed E-state index contributed by atoms with van der Waals surface area (Å²) in [6.45, 7) is 8.54. The van der Waals surface area contributed by atoms with Crippen LogP contribution in [0.15, 0.2) is 60.7 Å². The molecule has 178 valence electrons. The first-order valence-electron chi connectivity index (χ1n) is 10.8. The minimum absolute atomic E-state index is 0. The Bertz CT molecular complexity index is 1270. The Labute approximate surface area is 215 Å². The third-order valence-electron chi connectivity index (χ3n) is 5.15. The van der Waals surface area contributed by atoms with Crippen molar-refractivity contribution in [2.75, 3.05) is 0 Å². The molecule has 0 amide bonds. The van der Waals surface area contributed by atoms with Crippen LogP contribution in [0, 0.1) is 27.7 Å². The summed E-state index contributed by atoms with van der Waals surface area (Å²) >= 11 is 0. The number of aryl methyl sites for hydroxylation is 4. The van der Waals surface area contributed by atoms with Gasteiger partial charge in [0.15, 0.2) is 0 Å². The summed E-state index contributed by atoms with van der Waals surface area (Å²) in [5.74, 6) is -1.11. The van der Waals surface area contributed by atoms with Crippen LogP contribution < -0.4 is 15.3 Å². The van der Waals surface area contributed by atoms with E-state index in [-0.39, 0.29) is 28.6 Å². The van der Waals surface area contributed by atoms with Crippen LogP contribution in [0.3, 0.4) is 0 Å². The molecule has 0 aliphatic rings. The Balaban J connectivity index is 0.000000804. The molecule has 7 heteroatoms. The van der Waals surface area contributed by atoms with Crippen LogP contribution in [0.2, 0.25) is 0 Å². The average molecular weight is 508 g/mol. The van der Waals surface area contributed by atoms with Crippen LogP contribution >= 0.6 is 0 Å². The Morgan fingerprint density at radius 3 is 1.31 bits per heavy atom. The third-order valence-corrected chi connectivity index (χ3v) is 5.15. The van der Waals surface area contributed by atoms with Gasteiger partial charge in [-0.1, -0.05) is 70.2 Å². The van der Waals surface area contributed by atoms with Crippen molar-refractivity contribution in [1.82, 2.24) is 9.97 Å². The van der Waals surface area contributed by atoms with E-state index in [1.165, 1.54) is 0 Å². The number of benzene rings is 2. The number of aliphatic carboxylic acids is 1. The first-order chi connectivity index (χ1) is 16.1. The fraction of sp³-hybridized carbons (Fsp3) is 0.179. The van der Waals surface area contributed by atoms with E-state index in [9.17, 15) is 10.2 Å². The summed E-state index contributed by atoms with van der Waals surface area (Å²) in [5.41, 5.74) is 7.17. The molecule has 2 aromatic heterocycles. The maximum Gasteiger partial charge on any atom is 3.00 e. The predicted octanol–water partition coefficient (Wildman–Crippen LogP) is 3.61. The summed E-state index contributed by atoms with van der Waals surface area (Å²) in [6.07, 6.45) is 0. The van der Waals surface area contributed by atoms with Crippen molar-refractivity contribution in [3.05, 3.63) is 82.9 Å². The Morgan fingerprint density at radius 2 is 0.971 bits per heavy atom. The molecule has 0 saturated heterocycles. The number of carbonyl (C=O) groups excluding carboxylic acids is 1. The molecular weight excluding hydrogens is 483 g/mol. The van der Waals surface area contributed by atoms with Crippen LogP contribution in [-0.4, -0.2) is 15.9 Å². The molecule has 0 radical (unpaired) electrons. The maximum atomic E-state index is 12.6. The normalized spacial score (nSPS) is 10.1. The van der Waals surface area contributed by atoms with Crippen molar-refractivity contribution in [3.63, 3.8) is 0 Å². The van der Waals surface area contributed by atoms with Crippen LogP contribution in [0.1, 0.15) is 29.2 Å². The second-order valence-corrected chi connectivity index (χ2v) is 8.22. The second-order valence-electron chi connectivity index (χ2n) is 8.22. The molecule has 0 unspecified atom stereocenters. The van der Waals surface area contributed by atoms with Crippen molar-refractivity contribution in [1.29, 1.82) is 0 Å². The summed E-state index contributed by atoms with van der Waals surface area (Å²) in [4.78, 5) is 18.3. The van der Waals surface area contributed by atoms with Crippen LogP contribution in [-0.2, 0) is 21.9 Å². The molecule has 6 nitrogen and oxygen atoms in total. The molecule has 0 atom stereocenters. The zero-order valence-corrected chi connectivity index (χ0v) is 21.4. The molecule has 0 saturated carbocycles. The van der Waals surface area contributed by atoms with E-state index >= 15 is 0 Å². The number of carboxylic acid groups (broad SMARTS) is 1. The topological polar surface area (TPSA) is 112 Å². The predicted molar refractivity (Wildman–Crippen MR) is 127 cm³/mol. The van der Waals surface area contributed by atoms with E-state index in [0.717, 1.165) is 18.1 Å². The molecule has 0 N–H and O–H groups in total. The smallest absolute Gasteiger partial charge is 0.872 e. The van der Waals surface area contributed by atoms with Crippen molar-refractivity contribution < 1.29 is 37.2 Å². The number of aromatic nitrogens is 2. The summed E-state index contributed by atoms with van der Waals surface area (Å²) < 4.78 is 0. The van der Waals surface area contributed by atoms with Gasteiger partial charge in [-0.2, -0.15) is 0 Å². The van der Waals surface area contributed by atoms with Gasteiger partial charge in [-0.25, -0.2) is 9.97 Å². The number of nitrogens with zero attached hydrogens (tertiary/aromatic N) is 2. The molecule has 2 aromatic carbocycles. The van der Waals surface area contributed by atoms with Gasteiger partial charge in [-0.05, 0) is 70.0 Å². The first kappa shape index (κ1) is 27.6. The molecule has 0 aliphatic heterocycles. The van der Waals surface area contributed by atoms with Gasteiger partial charge >= 0.3 is 17.1 Å². The SMILES string of the molecule is CC(=O)[O-].Cc1cc(C)c([O-])c(-c2cccc(-c3cccc(-c4cc(C)cc(C)c4[O-])n3)n2)c1.[Mn+3]. The summed E-state index contributed by atoms with van der Waals surface area (Å²) in [5, 5.41) is 34.1. The quantitative estimate of drug-likeness (QED) is 0.391. The van der Waals surface area contributed by atoms with E-state index in [2.05, 4.69) is 0 Å². The molecule has 0 fully saturated rings. The fourth-order valence-electron chi connectivity index (χ4n) is 3.74. The Kier molecular flexibility index (Phi) is 9.18. The van der Waals surface area contributed by atoms with E-state index in [4.69, 9.17) is 19.9 Å².